The van der Waals surface area contributed by atoms with Gasteiger partial charge in [0.25, 0.3) is 0 Å². The molecule has 0 spiro atoms. The Hall–Kier alpha value is -1.66. The van der Waals surface area contributed by atoms with Crippen LogP contribution in [0.25, 0.3) is 6.08 Å². The SMILES string of the molecule is COCCN(CCO)C(=O)/C=C/c1c(C)nn(C)c1C. The Kier molecular flexibility index (Phi) is 6.41. The van der Waals surface area contributed by atoms with E-state index in [1.54, 1.807) is 22.8 Å². The van der Waals surface area contributed by atoms with Gasteiger partial charge in [0.15, 0.2) is 0 Å². The van der Waals surface area contributed by atoms with Gasteiger partial charge in [-0.25, -0.2) is 0 Å². The van der Waals surface area contributed by atoms with Crippen molar-refractivity contribution in [2.45, 2.75) is 13.8 Å². The zero-order chi connectivity index (χ0) is 15.1. The van der Waals surface area contributed by atoms with Crippen molar-refractivity contribution in [1.82, 2.24) is 14.7 Å². The minimum absolute atomic E-state index is 0.0613. The average Bonchev–Trinajstić information content (AvgIpc) is 2.66. The molecule has 0 fully saturated rings. The van der Waals surface area contributed by atoms with Gasteiger partial charge in [-0.3, -0.25) is 9.48 Å². The molecule has 6 nitrogen and oxygen atoms in total. The van der Waals surface area contributed by atoms with E-state index in [4.69, 9.17) is 9.84 Å². The highest BCUT2D eigenvalue weighted by Gasteiger charge is 2.11. The van der Waals surface area contributed by atoms with Crippen LogP contribution in [-0.4, -0.2) is 59.1 Å². The van der Waals surface area contributed by atoms with Crippen LogP contribution in [-0.2, 0) is 16.6 Å². The maximum atomic E-state index is 12.1. The van der Waals surface area contributed by atoms with Crippen molar-refractivity contribution in [2.24, 2.45) is 7.05 Å². The Morgan fingerprint density at radius 1 is 1.45 bits per heavy atom. The summed E-state index contributed by atoms with van der Waals surface area (Å²) in [5.74, 6) is -0.140. The predicted molar refractivity (Wildman–Crippen MR) is 77.3 cm³/mol. The molecule has 20 heavy (non-hydrogen) atoms. The van der Waals surface area contributed by atoms with Gasteiger partial charge in [-0.15, -0.1) is 0 Å². The summed E-state index contributed by atoms with van der Waals surface area (Å²) in [4.78, 5) is 13.6. The Morgan fingerprint density at radius 2 is 2.15 bits per heavy atom. The van der Waals surface area contributed by atoms with Gasteiger partial charge in [-0.1, -0.05) is 0 Å². The van der Waals surface area contributed by atoms with Crippen molar-refractivity contribution in [2.75, 3.05) is 33.4 Å². The molecular formula is C14H23N3O3. The van der Waals surface area contributed by atoms with E-state index in [-0.39, 0.29) is 12.5 Å². The van der Waals surface area contributed by atoms with Crippen LogP contribution in [0.3, 0.4) is 0 Å². The smallest absolute Gasteiger partial charge is 0.246 e. The van der Waals surface area contributed by atoms with Crippen LogP contribution in [0.4, 0.5) is 0 Å². The number of aliphatic hydroxyl groups is 1. The highest BCUT2D eigenvalue weighted by Crippen LogP contribution is 2.13. The second-order valence-corrected chi connectivity index (χ2v) is 4.58. The molecule has 0 saturated heterocycles. The van der Waals surface area contributed by atoms with Crippen molar-refractivity contribution < 1.29 is 14.6 Å². The Balaban J connectivity index is 2.78. The lowest BCUT2D eigenvalue weighted by atomic mass is 10.2. The molecule has 1 rings (SSSR count). The summed E-state index contributed by atoms with van der Waals surface area (Å²) >= 11 is 0. The van der Waals surface area contributed by atoms with Gasteiger partial charge in [0, 0.05) is 44.6 Å². The van der Waals surface area contributed by atoms with Crippen LogP contribution < -0.4 is 0 Å². The van der Waals surface area contributed by atoms with Crippen LogP contribution in [0.15, 0.2) is 6.08 Å². The van der Waals surface area contributed by atoms with Gasteiger partial charge in [0.05, 0.1) is 18.9 Å². The number of amides is 1. The highest BCUT2D eigenvalue weighted by atomic mass is 16.5. The van der Waals surface area contributed by atoms with E-state index in [0.29, 0.717) is 19.7 Å². The van der Waals surface area contributed by atoms with Crippen LogP contribution in [0, 0.1) is 13.8 Å². The fourth-order valence-corrected chi connectivity index (χ4v) is 1.95. The third-order valence-electron chi connectivity index (χ3n) is 3.20. The number of carbonyl (C=O) groups is 1. The molecule has 0 unspecified atom stereocenters. The van der Waals surface area contributed by atoms with E-state index in [9.17, 15) is 4.79 Å². The van der Waals surface area contributed by atoms with Crippen molar-refractivity contribution >= 4 is 12.0 Å². The number of rotatable bonds is 7. The molecule has 112 valence electrons. The van der Waals surface area contributed by atoms with Crippen molar-refractivity contribution in [3.63, 3.8) is 0 Å². The maximum Gasteiger partial charge on any atom is 0.246 e. The summed E-state index contributed by atoms with van der Waals surface area (Å²) in [5, 5.41) is 13.3. The molecule has 0 aliphatic carbocycles. The van der Waals surface area contributed by atoms with Gasteiger partial charge < -0.3 is 14.7 Å². The molecule has 0 aliphatic heterocycles. The van der Waals surface area contributed by atoms with E-state index in [2.05, 4.69) is 5.10 Å². The zero-order valence-corrected chi connectivity index (χ0v) is 12.6. The van der Waals surface area contributed by atoms with Gasteiger partial charge in [0.2, 0.25) is 5.91 Å². The van der Waals surface area contributed by atoms with Gasteiger partial charge in [-0.2, -0.15) is 5.10 Å². The van der Waals surface area contributed by atoms with Gasteiger partial charge >= 0.3 is 0 Å². The topological polar surface area (TPSA) is 67.6 Å². The van der Waals surface area contributed by atoms with Crippen LogP contribution >= 0.6 is 0 Å². The second-order valence-electron chi connectivity index (χ2n) is 4.58. The van der Waals surface area contributed by atoms with E-state index in [0.717, 1.165) is 17.0 Å². The first-order valence-electron chi connectivity index (χ1n) is 6.58. The molecular weight excluding hydrogens is 258 g/mol. The van der Waals surface area contributed by atoms with Crippen molar-refractivity contribution in [1.29, 1.82) is 0 Å². The Labute approximate surface area is 119 Å². The number of hydrogen-bond donors (Lipinski definition) is 1. The minimum Gasteiger partial charge on any atom is -0.395 e. The summed E-state index contributed by atoms with van der Waals surface area (Å²) < 4.78 is 6.75. The molecule has 0 saturated carbocycles. The van der Waals surface area contributed by atoms with Gasteiger partial charge in [0.1, 0.15) is 0 Å². The largest absolute Gasteiger partial charge is 0.395 e. The summed E-state index contributed by atoms with van der Waals surface area (Å²) in [7, 11) is 3.46. The maximum absolute atomic E-state index is 12.1. The number of ether oxygens (including phenoxy) is 1. The van der Waals surface area contributed by atoms with Crippen molar-refractivity contribution in [3.8, 4) is 0 Å². The fourth-order valence-electron chi connectivity index (χ4n) is 1.95. The number of nitrogens with zero attached hydrogens (tertiary/aromatic N) is 3. The third kappa shape index (κ3) is 4.18. The third-order valence-corrected chi connectivity index (χ3v) is 3.20. The van der Waals surface area contributed by atoms with Crippen LogP contribution in [0.1, 0.15) is 17.0 Å². The fraction of sp³-hybridized carbons (Fsp3) is 0.571. The van der Waals surface area contributed by atoms with E-state index < -0.39 is 0 Å². The molecule has 0 radical (unpaired) electrons. The summed E-state index contributed by atoms with van der Waals surface area (Å²) in [6, 6.07) is 0. The summed E-state index contributed by atoms with van der Waals surface area (Å²) in [5.41, 5.74) is 2.85. The lowest BCUT2D eigenvalue weighted by Crippen LogP contribution is -2.34. The number of methoxy groups -OCH3 is 1. The number of hydrogen-bond acceptors (Lipinski definition) is 4. The minimum atomic E-state index is -0.140. The number of aromatic nitrogens is 2. The Bertz CT molecular complexity index is 480. The van der Waals surface area contributed by atoms with E-state index >= 15 is 0 Å². The predicted octanol–water partition coefficient (Wildman–Crippen LogP) is 0.517. The number of carbonyl (C=O) groups excluding carboxylic acids is 1. The van der Waals surface area contributed by atoms with Crippen LogP contribution in [0.2, 0.25) is 0 Å². The first-order valence-corrected chi connectivity index (χ1v) is 6.58. The second kappa shape index (κ2) is 7.81. The molecule has 1 N–H and O–H groups in total. The molecule has 1 aromatic rings. The first-order chi connectivity index (χ1) is 9.51. The Morgan fingerprint density at radius 3 is 2.65 bits per heavy atom. The van der Waals surface area contributed by atoms with Crippen LogP contribution in [0.5, 0.6) is 0 Å². The molecule has 6 heteroatoms. The molecule has 0 aromatic carbocycles. The summed E-state index contributed by atoms with van der Waals surface area (Å²) in [6.45, 7) is 5.02. The summed E-state index contributed by atoms with van der Waals surface area (Å²) in [6.07, 6.45) is 3.29. The standard InChI is InChI=1S/C14H23N3O3/c1-11-13(12(2)16(3)15-11)5-6-14(19)17(7-9-18)8-10-20-4/h5-6,18H,7-10H2,1-4H3/b6-5+. The first kappa shape index (κ1) is 16.4. The highest BCUT2D eigenvalue weighted by molar-refractivity contribution is 5.92. The monoisotopic (exact) mass is 281 g/mol. The lowest BCUT2D eigenvalue weighted by molar-refractivity contribution is -0.127. The lowest BCUT2D eigenvalue weighted by Gasteiger charge is -2.19. The van der Waals surface area contributed by atoms with Crippen molar-refractivity contribution in [3.05, 3.63) is 23.0 Å². The average molecular weight is 281 g/mol. The molecule has 1 aromatic heterocycles. The van der Waals surface area contributed by atoms with E-state index in [1.165, 1.54) is 6.08 Å². The molecule has 0 bridgehead atoms. The molecule has 1 heterocycles. The van der Waals surface area contributed by atoms with Gasteiger partial charge in [-0.05, 0) is 19.9 Å². The molecule has 0 aliphatic rings. The number of aliphatic hydroxyl groups excluding tert-OH is 1. The van der Waals surface area contributed by atoms with E-state index in [1.807, 2.05) is 20.9 Å². The molecule has 0 atom stereocenters. The zero-order valence-electron chi connectivity index (χ0n) is 12.6. The number of aryl methyl sites for hydroxylation is 2. The quantitative estimate of drug-likeness (QED) is 0.740. The molecule has 1 amide bonds. The normalized spacial score (nSPS) is 11.2.